The van der Waals surface area contributed by atoms with Crippen LogP contribution >= 0.6 is 0 Å². The molecule has 27 heavy (non-hydrogen) atoms. The molecule has 0 bridgehead atoms. The van der Waals surface area contributed by atoms with Gasteiger partial charge in [0.05, 0.1) is 5.69 Å². The van der Waals surface area contributed by atoms with Gasteiger partial charge in [0, 0.05) is 26.2 Å². The highest BCUT2D eigenvalue weighted by Crippen LogP contribution is 2.20. The summed E-state index contributed by atoms with van der Waals surface area (Å²) in [6, 6.07) is 17.9. The molecule has 6 heteroatoms. The van der Waals surface area contributed by atoms with Gasteiger partial charge in [-0.1, -0.05) is 30.3 Å². The van der Waals surface area contributed by atoms with E-state index in [0.29, 0.717) is 13.1 Å². The fraction of sp³-hybridized carbons (Fsp3) is 0.286. The van der Waals surface area contributed by atoms with Crippen LogP contribution in [0, 0.1) is 6.92 Å². The lowest BCUT2D eigenvalue weighted by Gasteiger charge is -2.35. The van der Waals surface area contributed by atoms with Crippen LogP contribution in [0.15, 0.2) is 54.6 Å². The maximum atomic E-state index is 12.5. The van der Waals surface area contributed by atoms with Gasteiger partial charge in [-0.3, -0.25) is 4.79 Å². The third-order valence-corrected chi connectivity index (χ3v) is 4.82. The summed E-state index contributed by atoms with van der Waals surface area (Å²) >= 11 is 0. The van der Waals surface area contributed by atoms with E-state index in [4.69, 9.17) is 4.74 Å². The van der Waals surface area contributed by atoms with Gasteiger partial charge in [0.2, 0.25) is 0 Å². The molecule has 6 nitrogen and oxygen atoms in total. The third kappa shape index (κ3) is 4.00. The van der Waals surface area contributed by atoms with E-state index < -0.39 is 0 Å². The Hall–Kier alpha value is -3.15. The van der Waals surface area contributed by atoms with Crippen LogP contribution in [-0.4, -0.2) is 53.8 Å². The third-order valence-electron chi connectivity index (χ3n) is 4.82. The SMILES string of the molecule is Cc1ccc(N2CCN(C(=O)COc3ccc4ccccc4c3)CC2)nn1. The smallest absolute Gasteiger partial charge is 0.260 e. The molecule has 0 saturated carbocycles. The van der Waals surface area contributed by atoms with Gasteiger partial charge in [-0.15, -0.1) is 5.10 Å². The summed E-state index contributed by atoms with van der Waals surface area (Å²) in [5.41, 5.74) is 0.901. The molecule has 138 valence electrons. The van der Waals surface area contributed by atoms with E-state index in [-0.39, 0.29) is 12.5 Å². The van der Waals surface area contributed by atoms with E-state index in [1.807, 2.05) is 60.4 Å². The molecule has 1 saturated heterocycles. The first-order chi connectivity index (χ1) is 13.2. The number of benzene rings is 2. The Labute approximate surface area is 158 Å². The fourth-order valence-electron chi connectivity index (χ4n) is 3.24. The monoisotopic (exact) mass is 362 g/mol. The fourth-order valence-corrected chi connectivity index (χ4v) is 3.24. The zero-order chi connectivity index (χ0) is 18.6. The lowest BCUT2D eigenvalue weighted by atomic mass is 10.1. The number of aromatic nitrogens is 2. The highest BCUT2D eigenvalue weighted by atomic mass is 16.5. The number of piperazine rings is 1. The number of carbonyl (C=O) groups is 1. The first-order valence-corrected chi connectivity index (χ1v) is 9.14. The van der Waals surface area contributed by atoms with E-state index in [1.54, 1.807) is 0 Å². The lowest BCUT2D eigenvalue weighted by Crippen LogP contribution is -2.50. The molecule has 1 aliphatic heterocycles. The molecule has 0 unspecified atom stereocenters. The Balaban J connectivity index is 1.30. The van der Waals surface area contributed by atoms with Crippen LogP contribution in [0.25, 0.3) is 10.8 Å². The summed E-state index contributed by atoms with van der Waals surface area (Å²) in [5.74, 6) is 1.59. The molecule has 0 spiro atoms. The molecule has 1 aromatic heterocycles. The summed E-state index contributed by atoms with van der Waals surface area (Å²) in [7, 11) is 0. The van der Waals surface area contributed by atoms with Gasteiger partial charge in [-0.05, 0) is 42.0 Å². The van der Waals surface area contributed by atoms with E-state index in [9.17, 15) is 4.79 Å². The number of rotatable bonds is 4. The Morgan fingerprint density at radius 2 is 1.74 bits per heavy atom. The van der Waals surface area contributed by atoms with E-state index in [1.165, 1.54) is 0 Å². The Morgan fingerprint density at radius 1 is 0.963 bits per heavy atom. The maximum Gasteiger partial charge on any atom is 0.260 e. The van der Waals surface area contributed by atoms with Crippen molar-refractivity contribution in [2.75, 3.05) is 37.7 Å². The number of carbonyl (C=O) groups excluding carboxylic acids is 1. The zero-order valence-electron chi connectivity index (χ0n) is 15.3. The van der Waals surface area contributed by atoms with Crippen LogP contribution in [0.1, 0.15) is 5.69 Å². The maximum absolute atomic E-state index is 12.5. The number of hydrogen-bond acceptors (Lipinski definition) is 5. The second kappa shape index (κ2) is 7.61. The molecule has 0 radical (unpaired) electrons. The van der Waals surface area contributed by atoms with E-state index >= 15 is 0 Å². The summed E-state index contributed by atoms with van der Waals surface area (Å²) in [4.78, 5) is 16.5. The van der Waals surface area contributed by atoms with Crippen molar-refractivity contribution < 1.29 is 9.53 Å². The van der Waals surface area contributed by atoms with Crippen molar-refractivity contribution >= 4 is 22.5 Å². The number of hydrogen-bond donors (Lipinski definition) is 0. The quantitative estimate of drug-likeness (QED) is 0.714. The summed E-state index contributed by atoms with van der Waals surface area (Å²) < 4.78 is 5.73. The van der Waals surface area contributed by atoms with Crippen LogP contribution < -0.4 is 9.64 Å². The van der Waals surface area contributed by atoms with Crippen LogP contribution in [0.2, 0.25) is 0 Å². The number of amides is 1. The predicted molar refractivity (Wildman–Crippen MR) is 105 cm³/mol. The van der Waals surface area contributed by atoms with Gasteiger partial charge in [0.25, 0.3) is 5.91 Å². The van der Waals surface area contributed by atoms with Crippen LogP contribution in [-0.2, 0) is 4.79 Å². The van der Waals surface area contributed by atoms with Crippen molar-refractivity contribution in [3.63, 3.8) is 0 Å². The zero-order valence-corrected chi connectivity index (χ0v) is 15.3. The summed E-state index contributed by atoms with van der Waals surface area (Å²) in [5, 5.41) is 10.6. The van der Waals surface area contributed by atoms with Crippen molar-refractivity contribution in [1.82, 2.24) is 15.1 Å². The summed E-state index contributed by atoms with van der Waals surface area (Å²) in [6.45, 7) is 4.80. The van der Waals surface area contributed by atoms with E-state index in [2.05, 4.69) is 21.2 Å². The molecular formula is C21H22N4O2. The minimum absolute atomic E-state index is 0.0119. The van der Waals surface area contributed by atoms with Gasteiger partial charge in [0.15, 0.2) is 12.4 Å². The van der Waals surface area contributed by atoms with Gasteiger partial charge in [-0.25, -0.2) is 0 Å². The van der Waals surface area contributed by atoms with Crippen LogP contribution in [0.3, 0.4) is 0 Å². The second-order valence-corrected chi connectivity index (χ2v) is 6.70. The van der Waals surface area contributed by atoms with Crippen molar-refractivity contribution in [3.8, 4) is 5.75 Å². The number of fused-ring (bicyclic) bond motifs is 1. The lowest BCUT2D eigenvalue weighted by molar-refractivity contribution is -0.133. The van der Waals surface area contributed by atoms with Gasteiger partial charge in [0.1, 0.15) is 5.75 Å². The summed E-state index contributed by atoms with van der Waals surface area (Å²) in [6.07, 6.45) is 0. The van der Waals surface area contributed by atoms with Crippen molar-refractivity contribution in [2.24, 2.45) is 0 Å². The molecule has 0 aliphatic carbocycles. The van der Waals surface area contributed by atoms with Crippen molar-refractivity contribution in [3.05, 3.63) is 60.3 Å². The largest absolute Gasteiger partial charge is 0.484 e. The average Bonchev–Trinajstić information content (AvgIpc) is 2.72. The minimum atomic E-state index is 0.0119. The molecule has 4 rings (SSSR count). The molecule has 3 aromatic rings. The van der Waals surface area contributed by atoms with Gasteiger partial charge in [-0.2, -0.15) is 5.10 Å². The number of anilines is 1. The molecule has 1 amide bonds. The van der Waals surface area contributed by atoms with Gasteiger partial charge < -0.3 is 14.5 Å². The highest BCUT2D eigenvalue weighted by Gasteiger charge is 2.22. The molecule has 2 heterocycles. The molecule has 2 aromatic carbocycles. The second-order valence-electron chi connectivity index (χ2n) is 6.70. The van der Waals surface area contributed by atoms with Crippen LogP contribution in [0.4, 0.5) is 5.82 Å². The van der Waals surface area contributed by atoms with Crippen molar-refractivity contribution in [2.45, 2.75) is 6.92 Å². The molecule has 0 atom stereocenters. The van der Waals surface area contributed by atoms with E-state index in [0.717, 1.165) is 41.1 Å². The molecular weight excluding hydrogens is 340 g/mol. The van der Waals surface area contributed by atoms with Crippen LogP contribution in [0.5, 0.6) is 5.75 Å². The molecule has 0 N–H and O–H groups in total. The highest BCUT2D eigenvalue weighted by molar-refractivity contribution is 5.84. The standard InChI is InChI=1S/C21H22N4O2/c1-16-6-9-20(23-22-16)24-10-12-25(13-11-24)21(26)15-27-19-8-7-17-4-2-3-5-18(17)14-19/h2-9,14H,10-13,15H2,1H3. The van der Waals surface area contributed by atoms with Crippen molar-refractivity contribution in [1.29, 1.82) is 0 Å². The Morgan fingerprint density at radius 3 is 2.48 bits per heavy atom. The minimum Gasteiger partial charge on any atom is -0.484 e. The first-order valence-electron chi connectivity index (χ1n) is 9.14. The predicted octanol–water partition coefficient (Wildman–Crippen LogP) is 2.67. The molecule has 1 aliphatic rings. The molecule has 1 fully saturated rings. The Bertz CT molecular complexity index is 934. The normalized spacial score (nSPS) is 14.4. The number of ether oxygens (including phenoxy) is 1. The number of aryl methyl sites for hydroxylation is 1. The topological polar surface area (TPSA) is 58.6 Å². The van der Waals surface area contributed by atoms with Gasteiger partial charge >= 0.3 is 0 Å². The number of nitrogens with zero attached hydrogens (tertiary/aromatic N) is 4. The Kier molecular flexibility index (Phi) is 4.87. The average molecular weight is 362 g/mol. The first kappa shape index (κ1) is 17.3.